The maximum Gasteiger partial charge on any atom is 0.293 e. The number of hydrogen-bond donors (Lipinski definition) is 0. The second kappa shape index (κ2) is 5.34. The Morgan fingerprint density at radius 3 is 2.88 bits per heavy atom. The topological polar surface area (TPSA) is 48.0 Å². The molecule has 0 saturated heterocycles. The fourth-order valence-electron chi connectivity index (χ4n) is 1.69. The molecule has 0 radical (unpaired) electrons. The summed E-state index contributed by atoms with van der Waals surface area (Å²) in [6.07, 6.45) is -0.657. The van der Waals surface area contributed by atoms with Crippen molar-refractivity contribution < 1.29 is 18.8 Å². The fraction of sp³-hybridized carbons (Fsp3) is 0.455. The molecule has 1 unspecified atom stereocenters. The molecule has 1 aromatic rings. The van der Waals surface area contributed by atoms with E-state index >= 15 is 0 Å². The van der Waals surface area contributed by atoms with Gasteiger partial charge in [-0.15, -0.1) is 0 Å². The van der Waals surface area contributed by atoms with Crippen LogP contribution in [-0.2, 0) is 9.30 Å². The van der Waals surface area contributed by atoms with Crippen LogP contribution < -0.4 is 14.1 Å². The molecule has 5 nitrogen and oxygen atoms in total. The minimum atomic E-state index is -0.657. The van der Waals surface area contributed by atoms with Crippen molar-refractivity contribution in [1.82, 2.24) is 0 Å². The van der Waals surface area contributed by atoms with Gasteiger partial charge in [-0.05, 0) is 26.0 Å². The molecule has 0 N–H and O–H groups in total. The Morgan fingerprint density at radius 1 is 1.41 bits per heavy atom. The molecule has 0 aliphatic carbocycles. The third-order valence-electron chi connectivity index (χ3n) is 2.32. The van der Waals surface area contributed by atoms with Crippen LogP contribution in [0, 0.1) is 0 Å². The fourth-order valence-corrected chi connectivity index (χ4v) is 2.16. The van der Waals surface area contributed by atoms with Crippen molar-refractivity contribution in [2.75, 3.05) is 17.9 Å². The number of para-hydroxylation sites is 1. The van der Waals surface area contributed by atoms with Crippen LogP contribution in [0.25, 0.3) is 0 Å². The molecule has 0 fully saturated rings. The third kappa shape index (κ3) is 2.21. The molecule has 2 rings (SSSR count). The lowest BCUT2D eigenvalue weighted by molar-refractivity contribution is -0.0538. The van der Waals surface area contributed by atoms with Crippen LogP contribution in [0.15, 0.2) is 18.2 Å². The average molecular weight is 255 g/mol. The lowest BCUT2D eigenvalue weighted by atomic mass is 10.3. The number of hydrogen-bond acceptors (Lipinski definition) is 4. The first-order valence-electron chi connectivity index (χ1n) is 5.48. The molecule has 1 aromatic carbocycles. The molecule has 6 heteroatoms. The van der Waals surface area contributed by atoms with Gasteiger partial charge in [0.25, 0.3) is 15.0 Å². The minimum absolute atomic E-state index is 0.180. The van der Waals surface area contributed by atoms with Crippen LogP contribution in [0.1, 0.15) is 13.8 Å². The zero-order valence-corrected chi connectivity index (χ0v) is 10.6. The van der Waals surface area contributed by atoms with Crippen molar-refractivity contribution in [3.63, 3.8) is 0 Å². The normalized spacial score (nSPS) is 18.0. The van der Waals surface area contributed by atoms with Gasteiger partial charge in [0.1, 0.15) is 11.4 Å². The SMILES string of the molecule is CCOc1cccc2c1N(P=O)C(OCC)O2. The second-order valence-electron chi connectivity index (χ2n) is 3.34. The van der Waals surface area contributed by atoms with Gasteiger partial charge < -0.3 is 14.2 Å². The van der Waals surface area contributed by atoms with Crippen molar-refractivity contribution in [3.8, 4) is 11.5 Å². The van der Waals surface area contributed by atoms with Gasteiger partial charge in [0.2, 0.25) is 0 Å². The first-order chi connectivity index (χ1) is 8.31. The van der Waals surface area contributed by atoms with E-state index in [0.717, 1.165) is 0 Å². The van der Waals surface area contributed by atoms with E-state index in [1.54, 1.807) is 6.07 Å². The van der Waals surface area contributed by atoms with Crippen LogP contribution in [0.4, 0.5) is 5.69 Å². The first kappa shape index (κ1) is 12.1. The zero-order chi connectivity index (χ0) is 12.3. The van der Waals surface area contributed by atoms with E-state index in [9.17, 15) is 4.57 Å². The van der Waals surface area contributed by atoms with Gasteiger partial charge in [0.15, 0.2) is 5.75 Å². The maximum atomic E-state index is 11.2. The summed E-state index contributed by atoms with van der Waals surface area (Å²) in [7, 11) is -0.180. The molecule has 0 saturated carbocycles. The van der Waals surface area contributed by atoms with E-state index in [1.165, 1.54) is 4.67 Å². The summed E-state index contributed by atoms with van der Waals surface area (Å²) in [5.74, 6) is 1.27. The van der Waals surface area contributed by atoms with Crippen LogP contribution in [0.5, 0.6) is 11.5 Å². The number of fused-ring (bicyclic) bond motifs is 1. The van der Waals surface area contributed by atoms with Gasteiger partial charge >= 0.3 is 0 Å². The predicted octanol–water partition coefficient (Wildman–Crippen LogP) is 2.81. The van der Waals surface area contributed by atoms with Gasteiger partial charge in [-0.2, -0.15) is 0 Å². The molecule has 0 spiro atoms. The molecule has 1 atom stereocenters. The van der Waals surface area contributed by atoms with E-state index in [-0.39, 0.29) is 8.61 Å². The highest BCUT2D eigenvalue weighted by Gasteiger charge is 2.35. The Kier molecular flexibility index (Phi) is 3.82. The van der Waals surface area contributed by atoms with Crippen molar-refractivity contribution in [2.45, 2.75) is 20.3 Å². The summed E-state index contributed by atoms with van der Waals surface area (Å²) in [5, 5.41) is 0. The summed E-state index contributed by atoms with van der Waals surface area (Å²) in [6.45, 7) is 4.78. The van der Waals surface area contributed by atoms with Gasteiger partial charge in [0, 0.05) is 6.61 Å². The number of ether oxygens (including phenoxy) is 3. The summed E-state index contributed by atoms with van der Waals surface area (Å²) in [5.41, 5.74) is 0.671. The summed E-state index contributed by atoms with van der Waals surface area (Å²) in [6, 6.07) is 5.45. The average Bonchev–Trinajstić information content (AvgIpc) is 2.68. The molecule has 1 heterocycles. The highest BCUT2D eigenvalue weighted by Crippen LogP contribution is 2.47. The van der Waals surface area contributed by atoms with Gasteiger partial charge in [-0.3, -0.25) is 0 Å². The standard InChI is InChI=1S/C11H14NO4P/c1-3-14-8-6-5-7-9-10(8)12(17-13)11(16-9)15-4-2/h5-7,11H,3-4H2,1-2H3. The van der Waals surface area contributed by atoms with E-state index < -0.39 is 6.41 Å². The van der Waals surface area contributed by atoms with E-state index in [2.05, 4.69) is 0 Å². The summed E-state index contributed by atoms with van der Waals surface area (Å²) >= 11 is 0. The molecular formula is C11H14NO4P. The van der Waals surface area contributed by atoms with Crippen molar-refractivity contribution in [3.05, 3.63) is 18.2 Å². The molecule has 0 amide bonds. The quantitative estimate of drug-likeness (QED) is 0.757. The van der Waals surface area contributed by atoms with E-state index in [4.69, 9.17) is 14.2 Å². The highest BCUT2D eigenvalue weighted by atomic mass is 31.1. The highest BCUT2D eigenvalue weighted by molar-refractivity contribution is 7.26. The van der Waals surface area contributed by atoms with Gasteiger partial charge in [-0.1, -0.05) is 6.07 Å². The largest absolute Gasteiger partial charge is 0.492 e. The smallest absolute Gasteiger partial charge is 0.293 e. The van der Waals surface area contributed by atoms with Crippen LogP contribution in [-0.4, -0.2) is 19.6 Å². The number of benzene rings is 1. The summed E-state index contributed by atoms with van der Waals surface area (Å²) in [4.78, 5) is 0. The number of nitrogens with zero attached hydrogens (tertiary/aromatic N) is 1. The Labute approximate surface area is 102 Å². The van der Waals surface area contributed by atoms with E-state index in [0.29, 0.717) is 30.4 Å². The molecule has 0 bridgehead atoms. The number of anilines is 1. The molecular weight excluding hydrogens is 241 g/mol. The second-order valence-corrected chi connectivity index (χ2v) is 3.94. The molecule has 0 aromatic heterocycles. The maximum absolute atomic E-state index is 11.2. The summed E-state index contributed by atoms with van der Waals surface area (Å²) < 4.78 is 29.1. The van der Waals surface area contributed by atoms with Crippen LogP contribution in [0.3, 0.4) is 0 Å². The minimum Gasteiger partial charge on any atom is -0.492 e. The van der Waals surface area contributed by atoms with Crippen molar-refractivity contribution >= 4 is 14.3 Å². The third-order valence-corrected chi connectivity index (χ3v) is 2.88. The lowest BCUT2D eigenvalue weighted by Gasteiger charge is -2.17. The molecule has 17 heavy (non-hydrogen) atoms. The van der Waals surface area contributed by atoms with Crippen LogP contribution in [0.2, 0.25) is 0 Å². The lowest BCUT2D eigenvalue weighted by Crippen LogP contribution is -2.30. The Hall–Kier alpha value is -1.32. The Bertz CT molecular complexity index is 412. The number of rotatable bonds is 5. The monoisotopic (exact) mass is 255 g/mol. The molecule has 1 aliphatic rings. The van der Waals surface area contributed by atoms with Crippen LogP contribution >= 0.6 is 8.61 Å². The van der Waals surface area contributed by atoms with E-state index in [1.807, 2.05) is 26.0 Å². The Balaban J connectivity index is 2.35. The molecule has 92 valence electrons. The van der Waals surface area contributed by atoms with Crippen molar-refractivity contribution in [2.24, 2.45) is 0 Å². The van der Waals surface area contributed by atoms with Crippen molar-refractivity contribution in [1.29, 1.82) is 0 Å². The zero-order valence-electron chi connectivity index (χ0n) is 9.75. The molecule has 1 aliphatic heterocycles. The van der Waals surface area contributed by atoms with Gasteiger partial charge in [0.05, 0.1) is 6.61 Å². The Morgan fingerprint density at radius 2 is 2.24 bits per heavy atom. The van der Waals surface area contributed by atoms with Gasteiger partial charge in [-0.25, -0.2) is 9.24 Å². The first-order valence-corrected chi connectivity index (χ1v) is 6.24. The predicted molar refractivity (Wildman–Crippen MR) is 63.7 cm³/mol.